The van der Waals surface area contributed by atoms with Crippen molar-refractivity contribution in [2.24, 2.45) is 17.8 Å². The van der Waals surface area contributed by atoms with Crippen LogP contribution in [0.1, 0.15) is 95.6 Å². The molecule has 15 heteroatoms. The van der Waals surface area contributed by atoms with Gasteiger partial charge in [0.15, 0.2) is 0 Å². The van der Waals surface area contributed by atoms with E-state index in [1.54, 1.807) is 15.9 Å². The number of carbonyl (C=O) groups excluding carboxylic acids is 4. The minimum absolute atomic E-state index is 0.0174. The average molecular weight is 806 g/mol. The fraction of sp³-hybridized carbons (Fsp3) is 0.643. The summed E-state index contributed by atoms with van der Waals surface area (Å²) in [7, 11) is -3.86. The summed E-state index contributed by atoms with van der Waals surface area (Å²) in [6.07, 6.45) is 9.46. The summed E-state index contributed by atoms with van der Waals surface area (Å²) in [6, 6.07) is 4.70. The molecule has 2 aromatic rings. The number of amides is 4. The van der Waals surface area contributed by atoms with Crippen LogP contribution in [-0.4, -0.2) is 109 Å². The number of ether oxygens (including phenoxy) is 3. The van der Waals surface area contributed by atoms with Gasteiger partial charge in [0.1, 0.15) is 23.4 Å². The molecule has 308 valence electrons. The highest BCUT2D eigenvalue weighted by Gasteiger charge is 2.62. The lowest BCUT2D eigenvalue weighted by Gasteiger charge is -2.32. The molecule has 6 bridgehead atoms. The molecule has 0 spiro atoms. The Hall–Kier alpha value is -4.24. The zero-order valence-electron chi connectivity index (χ0n) is 33.2. The number of fused-ring (bicyclic) bond motifs is 5. The maximum absolute atomic E-state index is 15.0. The molecule has 3 saturated carbocycles. The Kier molecular flexibility index (Phi) is 11.0. The van der Waals surface area contributed by atoms with Gasteiger partial charge in [-0.15, -0.1) is 0 Å². The van der Waals surface area contributed by atoms with Crippen LogP contribution in [-0.2, 0) is 33.9 Å². The highest BCUT2D eigenvalue weighted by Crippen LogP contribution is 2.47. The van der Waals surface area contributed by atoms with Gasteiger partial charge in [0, 0.05) is 43.3 Å². The van der Waals surface area contributed by atoms with Crippen molar-refractivity contribution < 1.29 is 41.8 Å². The number of rotatable bonds is 9. The van der Waals surface area contributed by atoms with Gasteiger partial charge in [-0.3, -0.25) is 23.9 Å². The highest BCUT2D eigenvalue weighted by atomic mass is 32.2. The third-order valence-electron chi connectivity index (χ3n) is 13.0. The predicted molar refractivity (Wildman–Crippen MR) is 212 cm³/mol. The second-order valence-corrected chi connectivity index (χ2v) is 18.8. The van der Waals surface area contributed by atoms with Gasteiger partial charge < -0.3 is 29.3 Å². The molecule has 3 aliphatic heterocycles. The second-order valence-electron chi connectivity index (χ2n) is 16.9. The Morgan fingerprint density at radius 2 is 1.82 bits per heavy atom. The van der Waals surface area contributed by atoms with Crippen LogP contribution in [0.15, 0.2) is 24.3 Å². The van der Waals surface area contributed by atoms with Crippen LogP contribution in [0.3, 0.4) is 0 Å². The van der Waals surface area contributed by atoms with Gasteiger partial charge >= 0.3 is 0 Å². The first-order valence-corrected chi connectivity index (χ1v) is 22.4. The highest BCUT2D eigenvalue weighted by molar-refractivity contribution is 7.91. The minimum atomic E-state index is -3.86. The number of hydrogen-bond donors (Lipinski definition) is 2. The van der Waals surface area contributed by atoms with Crippen LogP contribution in [0, 0.1) is 24.7 Å². The number of benzene rings is 1. The van der Waals surface area contributed by atoms with Crippen molar-refractivity contribution in [3.05, 3.63) is 35.4 Å². The van der Waals surface area contributed by atoms with Crippen LogP contribution in [0.25, 0.3) is 17.0 Å². The number of hydrogen-bond acceptors (Lipinski definition) is 10. The van der Waals surface area contributed by atoms with Gasteiger partial charge in [-0.1, -0.05) is 38.3 Å². The van der Waals surface area contributed by atoms with Crippen LogP contribution < -0.4 is 19.5 Å². The van der Waals surface area contributed by atoms with Gasteiger partial charge in [0.2, 0.25) is 33.6 Å². The Morgan fingerprint density at radius 1 is 1.04 bits per heavy atom. The Balaban J connectivity index is 1.16. The van der Waals surface area contributed by atoms with Gasteiger partial charge in [-0.05, 0) is 87.5 Å². The Labute approximate surface area is 334 Å². The molecule has 4 heterocycles. The van der Waals surface area contributed by atoms with Crippen LogP contribution in [0.4, 0.5) is 0 Å². The number of aryl methyl sites for hydroxylation is 1. The standard InChI is InChI=1S/C42H55N5O9S/c1-4-28-22-42(28,41(51)45-57(52,53)31-12-13-31)44-39(49)35-19-30-24-47(35)40(50)32(26-9-6-7-10-26)20-38(48)46-15-14-29(23-46)55-16-8-11-27-18-33-34(17-25(27)3)43-37(54-5-2)21-36(33)56-30/h8,11,17-18,21,26,28-32,35H,4-7,9-10,12-16,19-20,22-24H2,1-3H3,(H,44,49)(H,45,51)/b11-8+/t28-,29-,30+,32-,35-,42+/m0/s1. The topological polar surface area (TPSA) is 174 Å². The van der Waals surface area contributed by atoms with Crippen LogP contribution >= 0.6 is 0 Å². The fourth-order valence-electron chi connectivity index (χ4n) is 9.49. The number of pyridine rings is 1. The van der Waals surface area contributed by atoms with E-state index in [9.17, 15) is 22.8 Å². The lowest BCUT2D eigenvalue weighted by atomic mass is 9.86. The summed E-state index contributed by atoms with van der Waals surface area (Å²) in [5.41, 5.74) is 1.21. The average Bonchev–Trinajstić information content (AvgIpc) is 3.95. The molecule has 57 heavy (non-hydrogen) atoms. The normalized spacial score (nSPS) is 30.1. The minimum Gasteiger partial charge on any atom is -0.488 e. The van der Waals surface area contributed by atoms with Crippen molar-refractivity contribution in [3.63, 3.8) is 0 Å². The maximum atomic E-state index is 15.0. The zero-order chi connectivity index (χ0) is 40.1. The fourth-order valence-corrected chi connectivity index (χ4v) is 10.9. The molecule has 0 unspecified atom stereocenters. The largest absolute Gasteiger partial charge is 0.488 e. The molecule has 0 radical (unpaired) electrons. The SMILES string of the molecule is CCOc1cc2c3cc(c(C)cc3n1)/C=C/CO[C@H]1CCN(C1)C(=O)C[C@@H](C1CCCC1)C(=O)N1C[C@@H](C[C@H]1C(=O)N[C@]1(C(=O)NS(=O)(=O)C3CC3)C[C@@H]1CC)O2. The first kappa shape index (κ1) is 39.6. The summed E-state index contributed by atoms with van der Waals surface area (Å²) in [5, 5.41) is 3.10. The number of aromatic nitrogens is 1. The lowest BCUT2D eigenvalue weighted by Crippen LogP contribution is -2.57. The van der Waals surface area contributed by atoms with E-state index in [1.165, 1.54) is 0 Å². The van der Waals surface area contributed by atoms with Crippen molar-refractivity contribution in [1.82, 2.24) is 24.8 Å². The molecule has 4 amide bonds. The van der Waals surface area contributed by atoms with E-state index in [4.69, 9.17) is 19.2 Å². The molecule has 2 N–H and O–H groups in total. The third-order valence-corrected chi connectivity index (χ3v) is 14.8. The molecule has 14 nitrogen and oxygen atoms in total. The van der Waals surface area contributed by atoms with Crippen molar-refractivity contribution in [3.8, 4) is 11.6 Å². The summed E-state index contributed by atoms with van der Waals surface area (Å²) in [5.74, 6) is -1.69. The lowest BCUT2D eigenvalue weighted by molar-refractivity contribution is -0.147. The smallest absolute Gasteiger partial charge is 0.259 e. The molecule has 6 aliphatic rings. The first-order valence-electron chi connectivity index (χ1n) is 20.9. The van der Waals surface area contributed by atoms with Gasteiger partial charge in [0.05, 0.1) is 36.6 Å². The van der Waals surface area contributed by atoms with Gasteiger partial charge in [-0.25, -0.2) is 13.4 Å². The van der Waals surface area contributed by atoms with Crippen LogP contribution in [0.2, 0.25) is 0 Å². The van der Waals surface area contributed by atoms with Gasteiger partial charge in [0.25, 0.3) is 5.91 Å². The number of sulfonamides is 1. The number of nitrogens with zero attached hydrogens (tertiary/aromatic N) is 3. The van der Waals surface area contributed by atoms with Crippen molar-refractivity contribution in [2.45, 2.75) is 120 Å². The molecule has 1 aromatic heterocycles. The van der Waals surface area contributed by atoms with Crippen LogP contribution in [0.5, 0.6) is 11.6 Å². The van der Waals surface area contributed by atoms with Crippen molar-refractivity contribution in [1.29, 1.82) is 0 Å². The molecule has 1 aromatic carbocycles. The van der Waals surface area contributed by atoms with Crippen molar-refractivity contribution in [2.75, 3.05) is 32.8 Å². The number of nitrogens with one attached hydrogen (secondary N) is 2. The Morgan fingerprint density at radius 3 is 2.54 bits per heavy atom. The molecule has 3 aliphatic carbocycles. The molecule has 8 rings (SSSR count). The van der Waals surface area contributed by atoms with E-state index in [-0.39, 0.29) is 49.1 Å². The first-order chi connectivity index (χ1) is 27.4. The quantitative estimate of drug-likeness (QED) is 0.377. The summed E-state index contributed by atoms with van der Waals surface area (Å²) in [6.45, 7) is 7.63. The van der Waals surface area contributed by atoms with E-state index >= 15 is 4.79 Å². The Bertz CT molecular complexity index is 2060. The molecule has 6 atom stereocenters. The van der Waals surface area contributed by atoms with Gasteiger partial charge in [-0.2, -0.15) is 0 Å². The monoisotopic (exact) mass is 805 g/mol. The summed E-state index contributed by atoms with van der Waals surface area (Å²) in [4.78, 5) is 65.4. The van der Waals surface area contributed by atoms with E-state index in [2.05, 4.69) is 10.0 Å². The molecule has 2 saturated heterocycles. The van der Waals surface area contributed by atoms with E-state index in [0.717, 1.165) is 42.2 Å². The van der Waals surface area contributed by atoms with Crippen molar-refractivity contribution >= 4 is 50.6 Å². The summed E-state index contributed by atoms with van der Waals surface area (Å²) < 4.78 is 46.7. The molecular formula is C42H55N5O9S. The molecule has 5 fully saturated rings. The zero-order valence-corrected chi connectivity index (χ0v) is 34.0. The number of carbonyl (C=O) groups is 4. The third kappa shape index (κ3) is 8.10. The van der Waals surface area contributed by atoms with E-state index < -0.39 is 50.7 Å². The van der Waals surface area contributed by atoms with E-state index in [0.29, 0.717) is 75.6 Å². The maximum Gasteiger partial charge on any atom is 0.259 e. The second kappa shape index (κ2) is 15.8. The van der Waals surface area contributed by atoms with E-state index in [1.807, 2.05) is 45.1 Å². The summed E-state index contributed by atoms with van der Waals surface area (Å²) >= 11 is 0. The molecular weight excluding hydrogens is 751 g/mol. The predicted octanol–water partition coefficient (Wildman–Crippen LogP) is 4.02.